The third-order valence-electron chi connectivity index (χ3n) is 5.35. The number of hydrogen-bond acceptors (Lipinski definition) is 4. The smallest absolute Gasteiger partial charge is 0.341 e. The quantitative estimate of drug-likeness (QED) is 0.119. The van der Waals surface area contributed by atoms with Gasteiger partial charge in [-0.25, -0.2) is 4.79 Å². The van der Waals surface area contributed by atoms with Gasteiger partial charge < -0.3 is 15.2 Å². The zero-order valence-electron chi connectivity index (χ0n) is 19.5. The average Bonchev–Trinajstić information content (AvgIpc) is 2.77. The number of allylic oxidation sites excluding steroid dienone is 2. The lowest BCUT2D eigenvalue weighted by Gasteiger charge is -2.08. The van der Waals surface area contributed by atoms with E-state index in [9.17, 15) is 14.7 Å². The first-order valence-electron chi connectivity index (χ1n) is 11.9. The molecule has 0 atom stereocenters. The van der Waals surface area contributed by atoms with E-state index in [-0.39, 0.29) is 17.2 Å². The summed E-state index contributed by atoms with van der Waals surface area (Å²) in [6.45, 7) is 2.25. The number of unbranched alkanes of at least 4 members (excludes halogenated alkanes) is 11. The summed E-state index contributed by atoms with van der Waals surface area (Å²) in [5.74, 6) is -0.882. The van der Waals surface area contributed by atoms with E-state index in [0.717, 1.165) is 25.7 Å². The van der Waals surface area contributed by atoms with Crippen LogP contribution in [0.2, 0.25) is 0 Å². The van der Waals surface area contributed by atoms with Crippen molar-refractivity contribution in [3.63, 3.8) is 0 Å². The summed E-state index contributed by atoms with van der Waals surface area (Å²) in [4.78, 5) is 23.7. The van der Waals surface area contributed by atoms with Gasteiger partial charge in [0.1, 0.15) is 11.3 Å². The van der Waals surface area contributed by atoms with Crippen LogP contribution in [0.4, 0.5) is 5.69 Å². The van der Waals surface area contributed by atoms with Crippen LogP contribution in [-0.2, 0) is 9.53 Å². The number of benzene rings is 1. The number of phenols is 1. The van der Waals surface area contributed by atoms with Crippen LogP contribution in [0, 0.1) is 0 Å². The Kier molecular flexibility index (Phi) is 15.0. The topological polar surface area (TPSA) is 75.6 Å². The summed E-state index contributed by atoms with van der Waals surface area (Å²) in [5, 5.41) is 12.5. The molecule has 1 amide bonds. The number of nitrogens with one attached hydrogen (secondary N) is 1. The lowest BCUT2D eigenvalue weighted by molar-refractivity contribution is -0.116. The van der Waals surface area contributed by atoms with Crippen molar-refractivity contribution in [1.29, 1.82) is 0 Å². The SMILES string of the molecule is CCCCCCCCC=CCCCCCCCC(=O)Nc1ccc(O)c(C(=O)OC)c1. The van der Waals surface area contributed by atoms with E-state index in [0.29, 0.717) is 12.1 Å². The Labute approximate surface area is 188 Å². The molecule has 0 radical (unpaired) electrons. The fraction of sp³-hybridized carbons (Fsp3) is 0.615. The Morgan fingerprint density at radius 1 is 0.903 bits per heavy atom. The van der Waals surface area contributed by atoms with E-state index in [1.807, 2.05) is 0 Å². The maximum Gasteiger partial charge on any atom is 0.341 e. The Morgan fingerprint density at radius 3 is 2.10 bits per heavy atom. The van der Waals surface area contributed by atoms with E-state index in [1.54, 1.807) is 6.07 Å². The molecule has 0 aliphatic rings. The normalized spacial score (nSPS) is 11.0. The number of carbonyl (C=O) groups is 2. The molecule has 0 aromatic heterocycles. The van der Waals surface area contributed by atoms with Gasteiger partial charge in [-0.15, -0.1) is 0 Å². The van der Waals surface area contributed by atoms with Gasteiger partial charge >= 0.3 is 5.97 Å². The number of amides is 1. The molecule has 5 nitrogen and oxygen atoms in total. The number of anilines is 1. The second kappa shape index (κ2) is 17.4. The molecule has 1 aromatic rings. The third-order valence-corrected chi connectivity index (χ3v) is 5.35. The van der Waals surface area contributed by atoms with Crippen molar-refractivity contribution in [2.75, 3.05) is 12.4 Å². The molecular weight excluding hydrogens is 390 g/mol. The molecule has 0 saturated heterocycles. The van der Waals surface area contributed by atoms with E-state index in [2.05, 4.69) is 29.1 Å². The van der Waals surface area contributed by atoms with Gasteiger partial charge in [-0.3, -0.25) is 4.79 Å². The highest BCUT2D eigenvalue weighted by molar-refractivity contribution is 5.96. The van der Waals surface area contributed by atoms with Crippen molar-refractivity contribution in [1.82, 2.24) is 0 Å². The van der Waals surface area contributed by atoms with Crippen LogP contribution in [0.15, 0.2) is 30.4 Å². The number of esters is 1. The standard InChI is InChI=1S/C26H41NO4/c1-3-4-5-6-7-8-9-10-11-12-13-14-15-16-17-18-25(29)27-22-19-20-24(28)23(21-22)26(30)31-2/h10-11,19-21,28H,3-9,12-18H2,1-2H3,(H,27,29). The Morgan fingerprint density at radius 2 is 1.48 bits per heavy atom. The zero-order valence-corrected chi connectivity index (χ0v) is 19.5. The summed E-state index contributed by atoms with van der Waals surface area (Å²) in [7, 11) is 1.25. The predicted octanol–water partition coefficient (Wildman–Crippen LogP) is 7.15. The van der Waals surface area contributed by atoms with Gasteiger partial charge in [0.2, 0.25) is 5.91 Å². The Hall–Kier alpha value is -2.30. The summed E-state index contributed by atoms with van der Waals surface area (Å²) >= 11 is 0. The van der Waals surface area contributed by atoms with Gasteiger partial charge in [-0.05, 0) is 50.3 Å². The highest BCUT2D eigenvalue weighted by atomic mass is 16.5. The van der Waals surface area contributed by atoms with Crippen LogP contribution in [0.1, 0.15) is 107 Å². The van der Waals surface area contributed by atoms with Gasteiger partial charge in [0.15, 0.2) is 0 Å². The molecule has 174 valence electrons. The number of aromatic hydroxyl groups is 1. The Bertz CT molecular complexity index is 669. The van der Waals surface area contributed by atoms with Crippen molar-refractivity contribution in [2.45, 2.75) is 96.8 Å². The van der Waals surface area contributed by atoms with E-state index < -0.39 is 5.97 Å². The van der Waals surface area contributed by atoms with Crippen LogP contribution in [0.3, 0.4) is 0 Å². The van der Waals surface area contributed by atoms with Crippen LogP contribution < -0.4 is 5.32 Å². The first-order valence-corrected chi connectivity index (χ1v) is 11.9. The predicted molar refractivity (Wildman–Crippen MR) is 128 cm³/mol. The lowest BCUT2D eigenvalue weighted by Crippen LogP contribution is -2.12. The minimum absolute atomic E-state index is 0.0429. The molecular formula is C26H41NO4. The van der Waals surface area contributed by atoms with Gasteiger partial charge in [-0.2, -0.15) is 0 Å². The first kappa shape index (κ1) is 26.7. The fourth-order valence-electron chi connectivity index (χ4n) is 3.47. The molecule has 0 unspecified atom stereocenters. The number of phenolic OH excluding ortho intramolecular Hbond substituents is 1. The molecule has 31 heavy (non-hydrogen) atoms. The maximum atomic E-state index is 12.1. The first-order chi connectivity index (χ1) is 15.1. The largest absolute Gasteiger partial charge is 0.507 e. The number of rotatable bonds is 17. The molecule has 0 aliphatic carbocycles. The highest BCUT2D eigenvalue weighted by Gasteiger charge is 2.13. The summed E-state index contributed by atoms with van der Waals surface area (Å²) in [6, 6.07) is 4.38. The van der Waals surface area contributed by atoms with Gasteiger partial charge in [-0.1, -0.05) is 70.4 Å². The fourth-order valence-corrected chi connectivity index (χ4v) is 3.47. The molecule has 0 saturated carbocycles. The maximum absolute atomic E-state index is 12.1. The van der Waals surface area contributed by atoms with Gasteiger partial charge in [0.05, 0.1) is 7.11 Å². The molecule has 5 heteroatoms. The minimum atomic E-state index is -0.633. The molecule has 1 aromatic carbocycles. The second-order valence-electron chi connectivity index (χ2n) is 8.11. The monoisotopic (exact) mass is 431 g/mol. The van der Waals surface area contributed by atoms with Gasteiger partial charge in [0.25, 0.3) is 0 Å². The van der Waals surface area contributed by atoms with E-state index in [1.165, 1.54) is 77.0 Å². The highest BCUT2D eigenvalue weighted by Crippen LogP contribution is 2.22. The van der Waals surface area contributed by atoms with Crippen LogP contribution in [0.5, 0.6) is 5.75 Å². The zero-order chi connectivity index (χ0) is 22.7. The van der Waals surface area contributed by atoms with Crippen molar-refractivity contribution >= 4 is 17.6 Å². The van der Waals surface area contributed by atoms with Crippen LogP contribution >= 0.6 is 0 Å². The summed E-state index contributed by atoms with van der Waals surface area (Å²) in [6.07, 6.45) is 21.0. The summed E-state index contributed by atoms with van der Waals surface area (Å²) < 4.78 is 4.62. The van der Waals surface area contributed by atoms with Crippen molar-refractivity contribution < 1.29 is 19.4 Å². The van der Waals surface area contributed by atoms with Gasteiger partial charge in [0, 0.05) is 12.1 Å². The molecule has 0 fully saturated rings. The van der Waals surface area contributed by atoms with Crippen molar-refractivity contribution in [3.8, 4) is 5.75 Å². The minimum Gasteiger partial charge on any atom is -0.507 e. The van der Waals surface area contributed by atoms with E-state index in [4.69, 9.17) is 0 Å². The number of methoxy groups -OCH3 is 1. The van der Waals surface area contributed by atoms with E-state index >= 15 is 0 Å². The number of hydrogen-bond donors (Lipinski definition) is 2. The average molecular weight is 432 g/mol. The molecule has 0 heterocycles. The summed E-state index contributed by atoms with van der Waals surface area (Å²) in [5.41, 5.74) is 0.525. The van der Waals surface area contributed by atoms with Crippen molar-refractivity contribution in [3.05, 3.63) is 35.9 Å². The molecule has 1 rings (SSSR count). The molecule has 0 spiro atoms. The number of carbonyl (C=O) groups excluding carboxylic acids is 2. The molecule has 0 bridgehead atoms. The van der Waals surface area contributed by atoms with Crippen LogP contribution in [-0.4, -0.2) is 24.1 Å². The second-order valence-corrected chi connectivity index (χ2v) is 8.11. The molecule has 2 N–H and O–H groups in total. The molecule has 0 aliphatic heterocycles. The van der Waals surface area contributed by atoms with Crippen LogP contribution in [0.25, 0.3) is 0 Å². The lowest BCUT2D eigenvalue weighted by atomic mass is 10.1. The third kappa shape index (κ3) is 12.9. The Balaban J connectivity index is 2.04. The van der Waals surface area contributed by atoms with Crippen molar-refractivity contribution in [2.24, 2.45) is 0 Å². The number of ether oxygens (including phenoxy) is 1.